The molecule has 0 radical (unpaired) electrons. The fourth-order valence-electron chi connectivity index (χ4n) is 9.71. The molecule has 1 unspecified atom stereocenters. The van der Waals surface area contributed by atoms with Gasteiger partial charge in [-0.1, -0.05) is 123 Å². The zero-order valence-electron chi connectivity index (χ0n) is 28.0. The highest BCUT2D eigenvalue weighted by Crippen LogP contribution is 2.65. The van der Waals surface area contributed by atoms with Crippen molar-refractivity contribution in [2.45, 2.75) is 37.6 Å². The normalized spacial score (nSPS) is 20.0. The minimum absolute atomic E-state index is 0.0292. The molecule has 8 aromatic rings. The van der Waals surface area contributed by atoms with E-state index in [-0.39, 0.29) is 5.54 Å². The molecule has 0 amide bonds. The molecule has 238 valence electrons. The summed E-state index contributed by atoms with van der Waals surface area (Å²) in [6.07, 6.45) is 8.01. The van der Waals surface area contributed by atoms with E-state index in [1.807, 2.05) is 0 Å². The molecule has 2 heterocycles. The number of nitrogens with zero attached hydrogens (tertiary/aromatic N) is 2. The molecule has 2 aliphatic carbocycles. The van der Waals surface area contributed by atoms with E-state index in [0.717, 1.165) is 19.3 Å². The number of hydrogen-bond donors (Lipinski definition) is 1. The van der Waals surface area contributed by atoms with Gasteiger partial charge >= 0.3 is 0 Å². The van der Waals surface area contributed by atoms with Crippen LogP contribution in [0.25, 0.3) is 61.1 Å². The number of hydrogen-bond acceptors (Lipinski definition) is 1. The maximum Gasteiger partial charge on any atom is 0.0795 e. The van der Waals surface area contributed by atoms with Crippen LogP contribution in [-0.2, 0) is 12.0 Å². The van der Waals surface area contributed by atoms with Gasteiger partial charge in [-0.3, -0.25) is 0 Å². The molecule has 2 aliphatic rings. The summed E-state index contributed by atoms with van der Waals surface area (Å²) in [5.74, 6) is 0.986. The van der Waals surface area contributed by atoms with E-state index < -0.39 is 0 Å². The Morgan fingerprint density at radius 1 is 0.653 bits per heavy atom. The second kappa shape index (κ2) is 10.8. The molecule has 3 nitrogen and oxygen atoms in total. The van der Waals surface area contributed by atoms with Crippen molar-refractivity contribution < 1.29 is 0 Å². The van der Waals surface area contributed by atoms with Gasteiger partial charge in [0.25, 0.3) is 0 Å². The van der Waals surface area contributed by atoms with Gasteiger partial charge in [-0.15, -0.1) is 0 Å². The Morgan fingerprint density at radius 2 is 1.22 bits per heavy atom. The van der Waals surface area contributed by atoms with E-state index >= 15 is 0 Å². The molecule has 3 heteroatoms. The zero-order chi connectivity index (χ0) is 32.7. The van der Waals surface area contributed by atoms with E-state index in [9.17, 15) is 0 Å². The van der Waals surface area contributed by atoms with Gasteiger partial charge in [0.05, 0.1) is 27.6 Å². The van der Waals surface area contributed by atoms with Crippen molar-refractivity contribution in [3.05, 3.63) is 162 Å². The first-order valence-electron chi connectivity index (χ1n) is 17.8. The standard InChI is InChI=1S/C46H39N3/c1-3-38-43(46(38,47-2)31-16-6-4-7-17-31)30-26-28-33(29-27-30)49-40-25-15-13-23-37(40)42-35-21-11-10-20-34(35)41-36-22-12-14-24-39(36)48(44(41)45(42)49)32-18-8-5-9-19-32/h4-9,11-19,21-29,38,43,47H,3,10,20H2,1-2H3/t38-,43-,46?/m1/s1. The van der Waals surface area contributed by atoms with Crippen molar-refractivity contribution in [3.8, 4) is 11.4 Å². The largest absolute Gasteiger partial charge is 0.310 e. The lowest BCUT2D eigenvalue weighted by Gasteiger charge is -2.19. The number of rotatable bonds is 6. The molecule has 1 saturated carbocycles. The van der Waals surface area contributed by atoms with Gasteiger partial charge in [0, 0.05) is 38.8 Å². The first-order valence-corrected chi connectivity index (χ1v) is 17.8. The Morgan fingerprint density at radius 3 is 1.88 bits per heavy atom. The predicted octanol–water partition coefficient (Wildman–Crippen LogP) is 11.1. The smallest absolute Gasteiger partial charge is 0.0795 e. The summed E-state index contributed by atoms with van der Waals surface area (Å²) in [7, 11) is 2.13. The zero-order valence-corrected chi connectivity index (χ0v) is 28.0. The maximum atomic E-state index is 3.78. The summed E-state index contributed by atoms with van der Waals surface area (Å²) in [5.41, 5.74) is 13.1. The number of aromatic nitrogens is 2. The van der Waals surface area contributed by atoms with Crippen LogP contribution in [-0.4, -0.2) is 16.2 Å². The van der Waals surface area contributed by atoms with Crippen molar-refractivity contribution in [2.75, 3.05) is 7.05 Å². The second-order valence-electron chi connectivity index (χ2n) is 13.9. The lowest BCUT2D eigenvalue weighted by molar-refractivity contribution is 0.509. The van der Waals surface area contributed by atoms with Crippen molar-refractivity contribution in [1.82, 2.24) is 14.5 Å². The number of likely N-dealkylation sites (N-methyl/N-ethyl adjacent to an activating group) is 1. The Hall–Kier alpha value is -5.38. The maximum absolute atomic E-state index is 3.78. The van der Waals surface area contributed by atoms with Crippen molar-refractivity contribution in [2.24, 2.45) is 5.92 Å². The van der Waals surface area contributed by atoms with Crippen LogP contribution in [0, 0.1) is 5.92 Å². The molecule has 0 saturated heterocycles. The fraction of sp³-hybridized carbons (Fsp3) is 0.174. The molecule has 0 aliphatic heterocycles. The highest BCUT2D eigenvalue weighted by molar-refractivity contribution is 6.27. The van der Waals surface area contributed by atoms with E-state index in [0.29, 0.717) is 11.8 Å². The summed E-state index contributed by atoms with van der Waals surface area (Å²) in [6, 6.07) is 49.5. The number of fused-ring (bicyclic) bond motifs is 10. The van der Waals surface area contributed by atoms with Gasteiger partial charge in [0.1, 0.15) is 0 Å². The molecule has 1 N–H and O–H groups in total. The molecule has 10 rings (SSSR count). The first-order chi connectivity index (χ1) is 24.3. The minimum atomic E-state index is -0.0292. The Kier molecular flexibility index (Phi) is 6.32. The van der Waals surface area contributed by atoms with Gasteiger partial charge in [-0.05, 0) is 84.5 Å². The fourth-order valence-corrected chi connectivity index (χ4v) is 9.71. The van der Waals surface area contributed by atoms with Crippen LogP contribution < -0.4 is 5.32 Å². The highest BCUT2D eigenvalue weighted by Gasteiger charge is 2.63. The van der Waals surface area contributed by atoms with Crippen LogP contribution in [0.2, 0.25) is 0 Å². The van der Waals surface area contributed by atoms with Gasteiger partial charge in [-0.2, -0.15) is 0 Å². The monoisotopic (exact) mass is 633 g/mol. The first kappa shape index (κ1) is 28.6. The molecule has 3 atom stereocenters. The van der Waals surface area contributed by atoms with Gasteiger partial charge in [0.2, 0.25) is 0 Å². The predicted molar refractivity (Wildman–Crippen MR) is 206 cm³/mol. The van der Waals surface area contributed by atoms with Gasteiger partial charge < -0.3 is 14.5 Å². The van der Waals surface area contributed by atoms with E-state index in [1.165, 1.54) is 77.2 Å². The topological polar surface area (TPSA) is 21.9 Å². The van der Waals surface area contributed by atoms with Crippen molar-refractivity contribution in [1.29, 1.82) is 0 Å². The average Bonchev–Trinajstić information content (AvgIpc) is 3.54. The number of nitrogens with one attached hydrogen (secondary N) is 1. The number of benzene rings is 6. The summed E-state index contributed by atoms with van der Waals surface area (Å²) >= 11 is 0. The van der Waals surface area contributed by atoms with E-state index in [4.69, 9.17) is 0 Å². The molecule has 2 aromatic heterocycles. The summed E-state index contributed by atoms with van der Waals surface area (Å²) in [6.45, 7) is 2.33. The quantitative estimate of drug-likeness (QED) is 0.193. The van der Waals surface area contributed by atoms with Crippen LogP contribution in [0.15, 0.2) is 140 Å². The number of para-hydroxylation sites is 3. The van der Waals surface area contributed by atoms with E-state index in [2.05, 4.69) is 174 Å². The molecule has 49 heavy (non-hydrogen) atoms. The Balaban J connectivity index is 1.28. The number of allylic oxidation sites excluding steroid dienone is 1. The second-order valence-corrected chi connectivity index (χ2v) is 13.9. The summed E-state index contributed by atoms with van der Waals surface area (Å²) in [5, 5.41) is 9.15. The van der Waals surface area contributed by atoms with Crippen molar-refractivity contribution >= 4 is 49.7 Å². The molecular weight excluding hydrogens is 595 g/mol. The SMILES string of the molecule is CC[C@@H]1[C@@H](c2ccc(-n3c4ccccc4c4c5c(c6c7ccccc7n(-c7ccccc7)c6c43)CCC=C5)cc2)C1(NC)c1ccccc1. The molecule has 1 fully saturated rings. The lowest BCUT2D eigenvalue weighted by Crippen LogP contribution is -2.28. The summed E-state index contributed by atoms with van der Waals surface area (Å²) in [4.78, 5) is 0. The summed E-state index contributed by atoms with van der Waals surface area (Å²) < 4.78 is 5.07. The van der Waals surface area contributed by atoms with E-state index in [1.54, 1.807) is 0 Å². The van der Waals surface area contributed by atoms with Crippen molar-refractivity contribution in [3.63, 3.8) is 0 Å². The molecule has 0 spiro atoms. The highest BCUT2D eigenvalue weighted by atomic mass is 15.1. The van der Waals surface area contributed by atoms with Crippen LogP contribution in [0.4, 0.5) is 0 Å². The van der Waals surface area contributed by atoms with Crippen LogP contribution in [0.1, 0.15) is 47.9 Å². The van der Waals surface area contributed by atoms with Crippen LogP contribution in [0.3, 0.4) is 0 Å². The Bertz CT molecular complexity index is 2570. The van der Waals surface area contributed by atoms with Crippen LogP contribution in [0.5, 0.6) is 0 Å². The van der Waals surface area contributed by atoms with Gasteiger partial charge in [-0.25, -0.2) is 0 Å². The number of aryl methyl sites for hydroxylation is 1. The molecular formula is C46H39N3. The third kappa shape index (κ3) is 3.88. The molecule has 0 bridgehead atoms. The van der Waals surface area contributed by atoms with Crippen LogP contribution >= 0.6 is 0 Å². The third-order valence-electron chi connectivity index (χ3n) is 11.7. The lowest BCUT2D eigenvalue weighted by atomic mass is 9.89. The van der Waals surface area contributed by atoms with Gasteiger partial charge in [0.15, 0.2) is 0 Å². The Labute approximate surface area is 287 Å². The molecule has 6 aromatic carbocycles. The third-order valence-corrected chi connectivity index (χ3v) is 11.7. The minimum Gasteiger partial charge on any atom is -0.310 e. The average molecular weight is 634 g/mol.